The molecule has 1 N–H and O–H groups in total. The number of para-hydroxylation sites is 2. The van der Waals surface area contributed by atoms with Gasteiger partial charge in [0.05, 0.1) is 12.2 Å². The van der Waals surface area contributed by atoms with Gasteiger partial charge in [0.1, 0.15) is 6.04 Å². The average Bonchev–Trinajstić information content (AvgIpc) is 2.40. The number of carbonyl (C=O) groups excluding carboxylic acids is 2. The van der Waals surface area contributed by atoms with Gasteiger partial charge in [0.2, 0.25) is 11.8 Å². The minimum Gasteiger partial charge on any atom is -0.404 e. The number of anilines is 1. The largest absolute Gasteiger partial charge is 0.573 e. The van der Waals surface area contributed by atoms with Crippen molar-refractivity contribution in [1.82, 2.24) is 5.32 Å². The van der Waals surface area contributed by atoms with Crippen LogP contribution in [0.25, 0.3) is 0 Å². The first-order valence-electron chi connectivity index (χ1n) is 6.28. The second-order valence-corrected chi connectivity index (χ2v) is 4.42. The third-order valence-electron chi connectivity index (χ3n) is 3.03. The molecule has 0 radical (unpaired) electrons. The van der Waals surface area contributed by atoms with E-state index in [9.17, 15) is 22.8 Å². The van der Waals surface area contributed by atoms with E-state index in [1.165, 1.54) is 18.2 Å². The molecule has 1 saturated heterocycles. The van der Waals surface area contributed by atoms with E-state index in [2.05, 4.69) is 10.1 Å². The highest BCUT2D eigenvalue weighted by molar-refractivity contribution is 6.07. The third-order valence-corrected chi connectivity index (χ3v) is 3.03. The normalized spacial score (nSPS) is 19.4. The Balaban J connectivity index is 2.43. The molecule has 0 aliphatic carbocycles. The fourth-order valence-electron chi connectivity index (χ4n) is 2.19. The maximum absolute atomic E-state index is 12.4. The van der Waals surface area contributed by atoms with Crippen LogP contribution < -0.4 is 15.0 Å². The van der Waals surface area contributed by atoms with Gasteiger partial charge >= 0.3 is 6.36 Å². The van der Waals surface area contributed by atoms with Crippen molar-refractivity contribution in [1.29, 1.82) is 0 Å². The van der Waals surface area contributed by atoms with Crippen molar-refractivity contribution in [2.75, 3.05) is 11.4 Å². The molecule has 1 aromatic rings. The minimum atomic E-state index is -4.88. The molecule has 1 unspecified atom stereocenters. The molecular weight excluding hydrogens is 289 g/mol. The van der Waals surface area contributed by atoms with Gasteiger partial charge in [-0.25, -0.2) is 0 Å². The molecule has 0 spiro atoms. The zero-order chi connectivity index (χ0) is 15.6. The van der Waals surface area contributed by atoms with Crippen LogP contribution in [0.4, 0.5) is 18.9 Å². The Hall–Kier alpha value is -2.25. The quantitative estimate of drug-likeness (QED) is 0.926. The molecule has 1 aromatic carbocycles. The lowest BCUT2D eigenvalue weighted by atomic mass is 10.1. The van der Waals surface area contributed by atoms with Crippen LogP contribution >= 0.6 is 0 Å². The summed E-state index contributed by atoms with van der Waals surface area (Å²) in [6, 6.07) is 4.41. The van der Waals surface area contributed by atoms with Gasteiger partial charge in [0, 0.05) is 0 Å². The van der Waals surface area contributed by atoms with Crippen LogP contribution in [-0.2, 0) is 9.59 Å². The monoisotopic (exact) mass is 302 g/mol. The number of halogens is 3. The number of nitrogens with one attached hydrogen (secondary N) is 1. The predicted molar refractivity (Wildman–Crippen MR) is 67.7 cm³/mol. The van der Waals surface area contributed by atoms with E-state index >= 15 is 0 Å². The SMILES string of the molecule is CCC1C(=O)NCC(=O)N1c1ccccc1OC(F)(F)F. The Labute approximate surface area is 118 Å². The van der Waals surface area contributed by atoms with Crippen LogP contribution in [0.15, 0.2) is 24.3 Å². The first kappa shape index (κ1) is 15.1. The fraction of sp³-hybridized carbons (Fsp3) is 0.385. The van der Waals surface area contributed by atoms with Crippen LogP contribution in [0.2, 0.25) is 0 Å². The number of ether oxygens (including phenoxy) is 1. The molecular formula is C13H13F3N2O3. The van der Waals surface area contributed by atoms with E-state index < -0.39 is 30.0 Å². The molecule has 5 nitrogen and oxygen atoms in total. The summed E-state index contributed by atoms with van der Waals surface area (Å²) in [7, 11) is 0. The van der Waals surface area contributed by atoms with E-state index in [0.29, 0.717) is 0 Å². The smallest absolute Gasteiger partial charge is 0.404 e. The fourth-order valence-corrected chi connectivity index (χ4v) is 2.19. The van der Waals surface area contributed by atoms with Crippen molar-refractivity contribution in [3.05, 3.63) is 24.3 Å². The molecule has 1 aliphatic heterocycles. The lowest BCUT2D eigenvalue weighted by Crippen LogP contribution is -2.58. The molecule has 1 fully saturated rings. The summed E-state index contributed by atoms with van der Waals surface area (Å²) in [5.41, 5.74) is -0.0680. The number of amides is 2. The molecule has 0 bridgehead atoms. The van der Waals surface area contributed by atoms with E-state index in [4.69, 9.17) is 0 Å². The van der Waals surface area contributed by atoms with Crippen LogP contribution in [-0.4, -0.2) is 30.8 Å². The van der Waals surface area contributed by atoms with Gasteiger partial charge in [-0.1, -0.05) is 19.1 Å². The lowest BCUT2D eigenvalue weighted by Gasteiger charge is -2.35. The molecule has 1 aliphatic rings. The second kappa shape index (κ2) is 5.63. The number of carbonyl (C=O) groups is 2. The van der Waals surface area contributed by atoms with E-state index in [1.807, 2.05) is 0 Å². The molecule has 8 heteroatoms. The van der Waals surface area contributed by atoms with Gasteiger partial charge < -0.3 is 10.1 Å². The van der Waals surface area contributed by atoms with Gasteiger partial charge in [0.15, 0.2) is 5.75 Å². The number of hydrogen-bond acceptors (Lipinski definition) is 3. The maximum Gasteiger partial charge on any atom is 0.573 e. The van der Waals surface area contributed by atoms with Crippen LogP contribution in [0.5, 0.6) is 5.75 Å². The van der Waals surface area contributed by atoms with Crippen LogP contribution in [0, 0.1) is 0 Å². The maximum atomic E-state index is 12.4. The van der Waals surface area contributed by atoms with Crippen molar-refractivity contribution in [2.45, 2.75) is 25.7 Å². The lowest BCUT2D eigenvalue weighted by molar-refractivity contribution is -0.274. The molecule has 21 heavy (non-hydrogen) atoms. The predicted octanol–water partition coefficient (Wildman–Crippen LogP) is 1.83. The van der Waals surface area contributed by atoms with Crippen molar-refractivity contribution >= 4 is 17.5 Å². The van der Waals surface area contributed by atoms with Gasteiger partial charge in [-0.05, 0) is 18.6 Å². The molecule has 1 heterocycles. The summed E-state index contributed by atoms with van der Waals surface area (Å²) in [6.45, 7) is 1.42. The Morgan fingerprint density at radius 3 is 2.62 bits per heavy atom. The van der Waals surface area contributed by atoms with Crippen LogP contribution in [0.1, 0.15) is 13.3 Å². The number of alkyl halides is 3. The number of benzene rings is 1. The van der Waals surface area contributed by atoms with Gasteiger partial charge in [-0.3, -0.25) is 14.5 Å². The van der Waals surface area contributed by atoms with Crippen molar-refractivity contribution in [3.8, 4) is 5.75 Å². The zero-order valence-electron chi connectivity index (χ0n) is 11.1. The summed E-state index contributed by atoms with van der Waals surface area (Å²) in [5.74, 6) is -1.40. The van der Waals surface area contributed by atoms with Gasteiger partial charge in [-0.2, -0.15) is 0 Å². The summed E-state index contributed by atoms with van der Waals surface area (Å²) >= 11 is 0. The van der Waals surface area contributed by atoms with Crippen molar-refractivity contribution in [3.63, 3.8) is 0 Å². The molecule has 1 atom stereocenters. The average molecular weight is 302 g/mol. The Morgan fingerprint density at radius 2 is 2.00 bits per heavy atom. The standard InChI is InChI=1S/C13H13F3N2O3/c1-2-8-12(20)17-7-11(19)18(8)9-5-3-4-6-10(9)21-13(14,15)16/h3-6,8H,2,7H2,1H3,(H,17,20). The minimum absolute atomic E-state index is 0.0680. The van der Waals surface area contributed by atoms with E-state index in [0.717, 1.165) is 11.0 Å². The number of rotatable bonds is 3. The summed E-state index contributed by atoms with van der Waals surface area (Å²) in [4.78, 5) is 24.8. The summed E-state index contributed by atoms with van der Waals surface area (Å²) < 4.78 is 41.2. The van der Waals surface area contributed by atoms with E-state index in [1.54, 1.807) is 6.92 Å². The first-order valence-corrected chi connectivity index (χ1v) is 6.28. The second-order valence-electron chi connectivity index (χ2n) is 4.42. The molecule has 0 saturated carbocycles. The number of nitrogens with zero attached hydrogens (tertiary/aromatic N) is 1. The van der Waals surface area contributed by atoms with Crippen LogP contribution in [0.3, 0.4) is 0 Å². The Bertz CT molecular complexity index is 560. The summed E-state index contributed by atoms with van der Waals surface area (Å²) in [5, 5.41) is 2.41. The highest BCUT2D eigenvalue weighted by Crippen LogP contribution is 2.34. The van der Waals surface area contributed by atoms with Gasteiger partial charge in [0.25, 0.3) is 0 Å². The number of piperazine rings is 1. The number of hydrogen-bond donors (Lipinski definition) is 1. The first-order chi connectivity index (χ1) is 9.83. The van der Waals surface area contributed by atoms with Crippen molar-refractivity contribution < 1.29 is 27.5 Å². The zero-order valence-corrected chi connectivity index (χ0v) is 11.1. The Kier molecular flexibility index (Phi) is 4.06. The molecule has 2 amide bonds. The van der Waals surface area contributed by atoms with Crippen molar-refractivity contribution in [2.24, 2.45) is 0 Å². The van der Waals surface area contributed by atoms with E-state index in [-0.39, 0.29) is 18.7 Å². The molecule has 0 aromatic heterocycles. The highest BCUT2D eigenvalue weighted by Gasteiger charge is 2.38. The summed E-state index contributed by atoms with van der Waals surface area (Å²) in [6.07, 6.45) is -4.60. The molecule has 2 rings (SSSR count). The Morgan fingerprint density at radius 1 is 1.33 bits per heavy atom. The third kappa shape index (κ3) is 3.26. The topological polar surface area (TPSA) is 58.6 Å². The van der Waals surface area contributed by atoms with Gasteiger partial charge in [-0.15, -0.1) is 13.2 Å². The molecule has 114 valence electrons. The highest BCUT2D eigenvalue weighted by atomic mass is 19.4.